The Morgan fingerprint density at radius 1 is 0.524 bits per heavy atom. The molecule has 1 aromatic carbocycles. The predicted octanol–water partition coefficient (Wildman–Crippen LogP) is -4.32. The maximum Gasteiger partial charge on any atom is 0.327 e. The van der Waals surface area contributed by atoms with Crippen molar-refractivity contribution in [3.05, 3.63) is 52.1 Å². The van der Waals surface area contributed by atoms with Crippen molar-refractivity contribution >= 4 is 121 Å². The molecule has 0 saturated carbocycles. The average molecular weight is 1500 g/mol. The number of carbonyl (C=O) groups is 13. The third kappa shape index (κ3) is 38.4. The summed E-state index contributed by atoms with van der Waals surface area (Å²) >= 11 is 0. The van der Waals surface area contributed by atoms with E-state index in [0.29, 0.717) is 37.8 Å². The number of fused-ring (bicyclic) bond motifs is 1. The molecule has 103 heavy (non-hydrogen) atoms. The fraction of sp³-hybridized carbons (Fsp3) is 0.583. The number of nitrogens with one attached hydrogen (secondary N) is 10. The van der Waals surface area contributed by atoms with Gasteiger partial charge in [0.15, 0.2) is 11.2 Å². The van der Waals surface area contributed by atoms with Gasteiger partial charge in [-0.25, -0.2) is 19.6 Å². The molecular weight excluding hydrogens is 1410 g/mol. The van der Waals surface area contributed by atoms with Crippen LogP contribution in [0.1, 0.15) is 61.5 Å². The molecule has 16 N–H and O–H groups in total. The van der Waals surface area contributed by atoms with Crippen molar-refractivity contribution in [1.29, 1.82) is 0 Å². The molecule has 0 spiro atoms. The standard InChI is InChI=1S/C60H88N14O27S2/c1-35(75)101-26-27-102-103-34-44(59(91)92)72-56(87)43(33-64-46(77)11-13-96-19-21-100-25-23-98-17-15-94-3)71-54(85)41(29-49(81)82)69-55(86)42(32-63-45(76)10-12-95-18-20-99-24-22-97-16-14-93-2)70-53(84)40(28-48(79)80)67-47(78)9-8-39(58(89)90)68-52(83)36-4-6-37(7-5-36)62-30-38-31-65-51-50(66-38)57(88)74-60(61)73-51/h4-7,31,39-44,62H,8-30,32-34H2,1-3H3,(H,63,76)(H,64,77)(H,67,78)(H,68,83)(H,69,86)(H,70,84)(H,71,85)(H,72,87)(H,79,80)(H,81,82)(H,89,90)(H,91,92)(H3,61,65,73,74,88)/t39-,40-,41-,42-,43-,44?/m0/s1. The number of anilines is 2. The minimum Gasteiger partial charge on any atom is -0.481 e. The number of aromatic amines is 1. The number of ether oxygens (including phenoxy) is 9. The summed E-state index contributed by atoms with van der Waals surface area (Å²) in [4.78, 5) is 197. The molecule has 0 aliphatic heterocycles. The number of nitrogen functional groups attached to an aromatic ring is 1. The van der Waals surface area contributed by atoms with Crippen molar-refractivity contribution < 1.29 is 125 Å². The van der Waals surface area contributed by atoms with E-state index >= 15 is 0 Å². The van der Waals surface area contributed by atoms with E-state index in [-0.39, 0.29) is 126 Å². The fourth-order valence-electron chi connectivity index (χ4n) is 8.18. The summed E-state index contributed by atoms with van der Waals surface area (Å²) in [6, 6.07) is -6.04. The Morgan fingerprint density at radius 2 is 0.981 bits per heavy atom. The molecule has 2 aromatic heterocycles. The number of nitrogens with two attached hydrogens (primary N) is 1. The molecule has 0 aliphatic carbocycles. The third-order valence-corrected chi connectivity index (χ3v) is 15.8. The number of hydrogen-bond donors (Lipinski definition) is 15. The lowest BCUT2D eigenvalue weighted by Crippen LogP contribution is -2.62. The van der Waals surface area contributed by atoms with E-state index in [2.05, 4.69) is 67.8 Å². The molecule has 0 saturated heterocycles. The number of H-pyrrole nitrogens is 1. The normalized spacial score (nSPS) is 12.8. The highest BCUT2D eigenvalue weighted by Crippen LogP contribution is 2.22. The molecule has 0 aliphatic rings. The van der Waals surface area contributed by atoms with Crippen molar-refractivity contribution in [2.45, 2.75) is 88.2 Å². The van der Waals surface area contributed by atoms with Gasteiger partial charge in [0.05, 0.1) is 124 Å². The molecule has 572 valence electrons. The van der Waals surface area contributed by atoms with Crippen LogP contribution < -0.4 is 59.1 Å². The van der Waals surface area contributed by atoms with Crippen molar-refractivity contribution in [2.24, 2.45) is 0 Å². The summed E-state index contributed by atoms with van der Waals surface area (Å²) in [5, 5.41) is 60.8. The Hall–Kier alpha value is -9.47. The van der Waals surface area contributed by atoms with Crippen LogP contribution in [0.3, 0.4) is 0 Å². The Balaban J connectivity index is 1.81. The second-order valence-electron chi connectivity index (χ2n) is 21.4. The van der Waals surface area contributed by atoms with Gasteiger partial charge in [0.25, 0.3) is 11.5 Å². The van der Waals surface area contributed by atoms with Crippen LogP contribution in [0.15, 0.2) is 35.3 Å². The molecular formula is C60H88N14O27S2. The first-order valence-corrected chi connectivity index (χ1v) is 34.2. The van der Waals surface area contributed by atoms with Crippen LogP contribution in [0, 0.1) is 0 Å². The summed E-state index contributed by atoms with van der Waals surface area (Å²) in [6.07, 6.45) is -3.18. The number of aromatic nitrogens is 4. The Bertz CT molecular complexity index is 3300. The second-order valence-corrected chi connectivity index (χ2v) is 24.1. The third-order valence-electron chi connectivity index (χ3n) is 13.4. The number of benzene rings is 1. The summed E-state index contributed by atoms with van der Waals surface area (Å²) in [7, 11) is 5.09. The van der Waals surface area contributed by atoms with E-state index in [0.717, 1.165) is 21.6 Å². The minimum atomic E-state index is -2.20. The summed E-state index contributed by atoms with van der Waals surface area (Å²) in [5.74, 6) is -16.5. The first-order valence-electron chi connectivity index (χ1n) is 31.7. The number of nitrogens with zero attached hydrogens (tertiary/aromatic N) is 3. The van der Waals surface area contributed by atoms with Gasteiger partial charge < -0.3 is 117 Å². The number of carboxylic acid groups (broad SMARTS) is 4. The Kier molecular flexibility index (Phi) is 43.3. The van der Waals surface area contributed by atoms with E-state index in [9.17, 15) is 87.5 Å². The summed E-state index contributed by atoms with van der Waals surface area (Å²) in [6.45, 7) is 2.04. The van der Waals surface area contributed by atoms with Gasteiger partial charge in [0.2, 0.25) is 47.3 Å². The molecule has 8 amide bonds. The van der Waals surface area contributed by atoms with Crippen molar-refractivity contribution in [1.82, 2.24) is 62.5 Å². The van der Waals surface area contributed by atoms with E-state index < -0.39 is 158 Å². The van der Waals surface area contributed by atoms with E-state index in [1.54, 1.807) is 0 Å². The first-order chi connectivity index (χ1) is 49.3. The highest BCUT2D eigenvalue weighted by atomic mass is 33.1. The zero-order chi connectivity index (χ0) is 75.9. The van der Waals surface area contributed by atoms with Gasteiger partial charge in [0, 0.05) is 76.3 Å². The van der Waals surface area contributed by atoms with Crippen LogP contribution in [0.5, 0.6) is 0 Å². The molecule has 3 aromatic rings. The Morgan fingerprint density at radius 3 is 1.46 bits per heavy atom. The van der Waals surface area contributed by atoms with E-state index in [1.807, 2.05) is 0 Å². The van der Waals surface area contributed by atoms with Crippen molar-refractivity contribution in [3.63, 3.8) is 0 Å². The van der Waals surface area contributed by atoms with Crippen LogP contribution in [0.2, 0.25) is 0 Å². The average Bonchev–Trinajstić information content (AvgIpc) is 0.815. The molecule has 3 rings (SSSR count). The number of aliphatic carboxylic acids is 4. The summed E-state index contributed by atoms with van der Waals surface area (Å²) in [5.41, 5.74) is 5.70. The first kappa shape index (κ1) is 87.7. The van der Waals surface area contributed by atoms with Gasteiger partial charge in [-0.15, -0.1) is 0 Å². The molecule has 0 bridgehead atoms. The van der Waals surface area contributed by atoms with Crippen LogP contribution in [-0.2, 0) is 107 Å². The zero-order valence-corrected chi connectivity index (χ0v) is 58.3. The molecule has 41 nitrogen and oxygen atoms in total. The van der Waals surface area contributed by atoms with Gasteiger partial charge >= 0.3 is 29.8 Å². The second kappa shape index (κ2) is 50.8. The monoisotopic (exact) mass is 1500 g/mol. The molecule has 0 fully saturated rings. The van der Waals surface area contributed by atoms with Crippen LogP contribution in [0.4, 0.5) is 11.6 Å². The van der Waals surface area contributed by atoms with Crippen LogP contribution in [-0.4, -0.2) is 292 Å². The number of rotatable bonds is 57. The number of carbonyl (C=O) groups excluding carboxylic acids is 9. The minimum absolute atomic E-state index is 0.0197. The Labute approximate surface area is 596 Å². The number of carboxylic acids is 4. The molecule has 0 radical (unpaired) electrons. The quantitative estimate of drug-likeness (QED) is 0.0144. The molecule has 6 atom stereocenters. The largest absolute Gasteiger partial charge is 0.481 e. The fourth-order valence-corrected chi connectivity index (χ4v) is 10.2. The van der Waals surface area contributed by atoms with Crippen LogP contribution in [0.25, 0.3) is 11.2 Å². The predicted molar refractivity (Wildman–Crippen MR) is 362 cm³/mol. The lowest BCUT2D eigenvalue weighted by Gasteiger charge is -2.26. The SMILES string of the molecule is COCCOCCOCCOCCC(=O)NC[C@H](NC(=O)[C@H](CC(=O)O)NC(=O)[C@H](CNC(=O)CCOCCOCCOCCOC)NC(=O)[C@H](CC(=O)O)NC(=O)CC[C@H](NC(=O)c1ccc(NCc2cnc3nc(N)[nH]c(=O)c3n2)cc1)C(=O)O)C(=O)NC(CSSCCOC(C)=O)C(=O)O. The maximum absolute atomic E-state index is 14.3. The number of hydrogen-bond acceptors (Lipinski definition) is 30. The highest BCUT2D eigenvalue weighted by Gasteiger charge is 2.35. The summed E-state index contributed by atoms with van der Waals surface area (Å²) < 4.78 is 46.9. The van der Waals surface area contributed by atoms with Crippen molar-refractivity contribution in [2.75, 3.05) is 149 Å². The van der Waals surface area contributed by atoms with E-state index in [1.165, 1.54) is 51.6 Å². The van der Waals surface area contributed by atoms with Gasteiger partial charge in [-0.05, 0) is 30.7 Å². The van der Waals surface area contributed by atoms with Gasteiger partial charge in [0.1, 0.15) is 42.9 Å². The van der Waals surface area contributed by atoms with Gasteiger partial charge in [-0.3, -0.25) is 62.5 Å². The molecule has 2 heterocycles. The number of esters is 1. The lowest BCUT2D eigenvalue weighted by molar-refractivity contribution is -0.143. The maximum atomic E-state index is 14.3. The smallest absolute Gasteiger partial charge is 0.327 e. The van der Waals surface area contributed by atoms with Gasteiger partial charge in [-0.1, -0.05) is 21.6 Å². The molecule has 43 heteroatoms. The van der Waals surface area contributed by atoms with Crippen LogP contribution >= 0.6 is 21.6 Å². The number of methoxy groups -OCH3 is 2. The molecule has 1 unspecified atom stereocenters. The topological polar surface area (TPSA) is 592 Å². The van der Waals surface area contributed by atoms with Crippen molar-refractivity contribution in [3.8, 4) is 0 Å². The lowest BCUT2D eigenvalue weighted by atomic mass is 10.1. The number of amides is 8. The highest BCUT2D eigenvalue weighted by molar-refractivity contribution is 8.76. The van der Waals surface area contributed by atoms with E-state index in [4.69, 9.17) is 48.4 Å². The van der Waals surface area contributed by atoms with Gasteiger partial charge in [-0.2, -0.15) is 4.98 Å². The zero-order valence-electron chi connectivity index (χ0n) is 56.6.